The Labute approximate surface area is 351 Å². The number of fused-ring (bicyclic) bond motifs is 2. The number of benzene rings is 7. The van der Waals surface area contributed by atoms with E-state index >= 15 is 0 Å². The lowest BCUT2D eigenvalue weighted by Gasteiger charge is -2.11. The number of aliphatic imine (C=N–C) groups is 2. The second-order valence-electron chi connectivity index (χ2n) is 14.2. The summed E-state index contributed by atoms with van der Waals surface area (Å²) in [5.41, 5.74) is 14.3. The first-order chi connectivity index (χ1) is 29.6. The van der Waals surface area contributed by atoms with E-state index in [0.29, 0.717) is 23.2 Å². The predicted octanol–water partition coefficient (Wildman–Crippen LogP) is 12.8. The molecule has 0 amide bonds. The second-order valence-corrected chi connectivity index (χ2v) is 15.2. The van der Waals surface area contributed by atoms with Gasteiger partial charge in [0.2, 0.25) is 0 Å². The van der Waals surface area contributed by atoms with Crippen LogP contribution >= 0.6 is 11.3 Å². The Kier molecular flexibility index (Phi) is 9.65. The highest BCUT2D eigenvalue weighted by Gasteiger charge is 2.21. The van der Waals surface area contributed by atoms with Crippen molar-refractivity contribution in [1.82, 2.24) is 24.9 Å². The number of hydrogen-bond donors (Lipinski definition) is 0. The maximum atomic E-state index is 5.03. The fraction of sp³-hybridized carbons (Fsp3) is 0.0192. The Morgan fingerprint density at radius 1 is 0.433 bits per heavy atom. The second kappa shape index (κ2) is 15.9. The summed E-state index contributed by atoms with van der Waals surface area (Å²) in [6.45, 7) is 3.89. The zero-order valence-electron chi connectivity index (χ0n) is 32.6. The first kappa shape index (κ1) is 36.5. The number of thiophene rings is 1. The van der Waals surface area contributed by atoms with E-state index < -0.39 is 0 Å². The molecule has 7 aromatic carbocycles. The van der Waals surface area contributed by atoms with Crippen molar-refractivity contribution in [2.24, 2.45) is 9.98 Å². The molecule has 3 aromatic heterocycles. The molecule has 0 spiro atoms. The molecule has 60 heavy (non-hydrogen) atoms. The topological polar surface area (TPSA) is 89.2 Å². The Morgan fingerprint density at radius 2 is 0.883 bits per heavy atom. The van der Waals surface area contributed by atoms with Gasteiger partial charge in [0.05, 0.1) is 21.6 Å². The van der Waals surface area contributed by atoms with Crippen LogP contribution in [-0.4, -0.2) is 44.4 Å². The van der Waals surface area contributed by atoms with E-state index in [1.165, 1.54) is 11.3 Å². The van der Waals surface area contributed by atoms with Gasteiger partial charge in [0.15, 0.2) is 17.5 Å². The molecule has 0 N–H and O–H groups in total. The van der Waals surface area contributed by atoms with Crippen molar-refractivity contribution < 1.29 is 0 Å². The summed E-state index contributed by atoms with van der Waals surface area (Å²) in [4.78, 5) is 35.6. The van der Waals surface area contributed by atoms with Gasteiger partial charge in [-0.15, -0.1) is 11.3 Å². The van der Waals surface area contributed by atoms with E-state index in [1.807, 2.05) is 67.7 Å². The fourth-order valence-electron chi connectivity index (χ4n) is 7.46. The molecule has 0 aliphatic rings. The standard InChI is InChI=1S/C52H35N7S/c1-53-45(48-46(54-2)47-52(60-48)56-44-22-10-9-21-43(44)55-47)41-19-11-17-39(31-41)35-23-25-36(26-24-35)40-18-12-20-42(32-40)51-58-49(37-15-7-4-8-16-37)57-50(59-51)38-29-27-34(28-30-38)33-13-5-3-6-14-33/h3-32H,2H2,1H3. The maximum Gasteiger partial charge on any atom is 0.164 e. The molecule has 0 saturated heterocycles. The summed E-state index contributed by atoms with van der Waals surface area (Å²) in [7, 11) is 1.81. The van der Waals surface area contributed by atoms with Gasteiger partial charge >= 0.3 is 0 Å². The minimum absolute atomic E-state index is 0.614. The maximum absolute atomic E-state index is 5.03. The molecule has 0 unspecified atom stereocenters. The number of nitrogens with zero attached hydrogens (tertiary/aromatic N) is 7. The van der Waals surface area contributed by atoms with Crippen molar-refractivity contribution in [3.63, 3.8) is 0 Å². The molecule has 0 fully saturated rings. The number of para-hydroxylation sites is 2. The van der Waals surface area contributed by atoms with E-state index in [-0.39, 0.29) is 0 Å². The molecule has 8 heteroatoms. The van der Waals surface area contributed by atoms with Crippen LogP contribution in [0.15, 0.2) is 192 Å². The minimum Gasteiger partial charge on any atom is -0.286 e. The molecule has 284 valence electrons. The first-order valence-electron chi connectivity index (χ1n) is 19.5. The summed E-state index contributed by atoms with van der Waals surface area (Å²) < 4.78 is 0. The van der Waals surface area contributed by atoms with E-state index in [9.17, 15) is 0 Å². The number of aromatic nitrogens is 5. The summed E-state index contributed by atoms with van der Waals surface area (Å²) in [5, 5.41) is 0. The summed E-state index contributed by atoms with van der Waals surface area (Å²) in [6.07, 6.45) is 0. The van der Waals surface area contributed by atoms with Gasteiger partial charge in [-0.3, -0.25) is 9.98 Å². The lowest BCUT2D eigenvalue weighted by molar-refractivity contribution is 1.07. The Balaban J connectivity index is 0.954. The van der Waals surface area contributed by atoms with Gasteiger partial charge in [0, 0.05) is 29.3 Å². The normalized spacial score (nSPS) is 11.6. The molecular formula is C52H35N7S. The van der Waals surface area contributed by atoms with Crippen molar-refractivity contribution in [2.75, 3.05) is 7.05 Å². The van der Waals surface area contributed by atoms with E-state index in [1.54, 1.807) is 0 Å². The van der Waals surface area contributed by atoms with Crippen LogP contribution in [0.2, 0.25) is 0 Å². The SMILES string of the molecule is C=Nc1c(C(=NC)c2cccc(-c3ccc(-c4cccc(-c5nc(-c6ccccc6)nc(-c6ccc(-c7ccccc7)cc6)n5)c4)cc3)c2)sc2nc3ccccc3nc12. The highest BCUT2D eigenvalue weighted by atomic mass is 32.1. The molecule has 10 aromatic rings. The predicted molar refractivity (Wildman–Crippen MR) is 248 cm³/mol. The van der Waals surface area contributed by atoms with Crippen LogP contribution in [-0.2, 0) is 0 Å². The molecule has 0 saturated carbocycles. The van der Waals surface area contributed by atoms with E-state index in [2.05, 4.69) is 133 Å². The van der Waals surface area contributed by atoms with Crippen LogP contribution in [0.5, 0.6) is 0 Å². The van der Waals surface area contributed by atoms with Crippen LogP contribution in [0.4, 0.5) is 5.69 Å². The van der Waals surface area contributed by atoms with Crippen molar-refractivity contribution in [1.29, 1.82) is 0 Å². The first-order valence-corrected chi connectivity index (χ1v) is 20.4. The lowest BCUT2D eigenvalue weighted by atomic mass is 9.97. The average Bonchev–Trinajstić information content (AvgIpc) is 3.68. The van der Waals surface area contributed by atoms with Crippen LogP contribution in [0.1, 0.15) is 10.4 Å². The van der Waals surface area contributed by atoms with Gasteiger partial charge in [-0.2, -0.15) is 0 Å². The molecule has 0 radical (unpaired) electrons. The third-order valence-corrected chi connectivity index (χ3v) is 11.6. The van der Waals surface area contributed by atoms with Gasteiger partial charge in [0.1, 0.15) is 16.0 Å². The molecule has 3 heterocycles. The fourth-order valence-corrected chi connectivity index (χ4v) is 8.60. The molecular weight excluding hydrogens is 755 g/mol. The summed E-state index contributed by atoms with van der Waals surface area (Å²) in [5.74, 6) is 1.86. The van der Waals surface area contributed by atoms with Crippen LogP contribution < -0.4 is 0 Å². The van der Waals surface area contributed by atoms with Gasteiger partial charge in [0.25, 0.3) is 0 Å². The third-order valence-electron chi connectivity index (χ3n) is 10.5. The largest absolute Gasteiger partial charge is 0.286 e. The number of rotatable bonds is 9. The monoisotopic (exact) mass is 789 g/mol. The van der Waals surface area contributed by atoms with Crippen molar-refractivity contribution >= 4 is 50.8 Å². The minimum atomic E-state index is 0.614. The zero-order chi connectivity index (χ0) is 40.4. The highest BCUT2D eigenvalue weighted by Crippen LogP contribution is 2.39. The van der Waals surface area contributed by atoms with Gasteiger partial charge in [-0.25, -0.2) is 24.9 Å². The van der Waals surface area contributed by atoms with Crippen LogP contribution in [0.3, 0.4) is 0 Å². The smallest absolute Gasteiger partial charge is 0.164 e. The molecule has 0 bridgehead atoms. The van der Waals surface area contributed by atoms with Crippen molar-refractivity contribution in [3.05, 3.63) is 192 Å². The van der Waals surface area contributed by atoms with E-state index in [4.69, 9.17) is 29.9 Å². The van der Waals surface area contributed by atoms with Crippen molar-refractivity contribution in [2.45, 2.75) is 0 Å². The molecule has 0 aliphatic heterocycles. The Morgan fingerprint density at radius 3 is 1.50 bits per heavy atom. The third kappa shape index (κ3) is 7.06. The zero-order valence-corrected chi connectivity index (χ0v) is 33.4. The van der Waals surface area contributed by atoms with Crippen LogP contribution in [0, 0.1) is 0 Å². The number of hydrogen-bond acceptors (Lipinski definition) is 8. The van der Waals surface area contributed by atoms with Crippen LogP contribution in [0.25, 0.3) is 88.9 Å². The van der Waals surface area contributed by atoms with E-state index in [0.717, 1.165) is 87.6 Å². The molecule has 7 nitrogen and oxygen atoms in total. The summed E-state index contributed by atoms with van der Waals surface area (Å²) in [6, 6.07) is 62.1. The van der Waals surface area contributed by atoms with Gasteiger partial charge in [-0.05, 0) is 64.4 Å². The molecule has 0 atom stereocenters. The average molecular weight is 790 g/mol. The molecule has 10 rings (SSSR count). The van der Waals surface area contributed by atoms with Gasteiger partial charge in [-0.1, -0.05) is 158 Å². The molecule has 0 aliphatic carbocycles. The highest BCUT2D eigenvalue weighted by molar-refractivity contribution is 7.21. The lowest BCUT2D eigenvalue weighted by Crippen LogP contribution is -2.01. The van der Waals surface area contributed by atoms with Gasteiger partial charge < -0.3 is 0 Å². The quantitative estimate of drug-likeness (QED) is 0.136. The van der Waals surface area contributed by atoms with Crippen molar-refractivity contribution in [3.8, 4) is 67.5 Å². The Hall–Kier alpha value is -7.81. The Bertz CT molecular complexity index is 3210. The summed E-state index contributed by atoms with van der Waals surface area (Å²) >= 11 is 1.54.